The summed E-state index contributed by atoms with van der Waals surface area (Å²) < 4.78 is 0. The molecule has 1 unspecified atom stereocenters. The smallest absolute Gasteiger partial charge is 0.317 e. The number of carboxylic acid groups (broad SMARTS) is 1. The number of rotatable bonds is 7. The van der Waals surface area contributed by atoms with Crippen molar-refractivity contribution >= 4 is 23.8 Å². The number of hydrogen-bond donors (Lipinski definition) is 2. The Morgan fingerprint density at radius 2 is 2.15 bits per heavy atom. The number of thioether (sulfide) groups is 1. The monoisotopic (exact) mass is 302 g/mol. The van der Waals surface area contributed by atoms with E-state index in [9.17, 15) is 9.59 Å². The molecule has 5 nitrogen and oxygen atoms in total. The number of carboxylic acids is 1. The number of carbonyl (C=O) groups excluding carboxylic acids is 1. The first-order valence-electron chi connectivity index (χ1n) is 7.19. The number of hydrogen-bond acceptors (Lipinski definition) is 3. The van der Waals surface area contributed by atoms with Gasteiger partial charge in [0.15, 0.2) is 0 Å². The van der Waals surface area contributed by atoms with Crippen LogP contribution in [0.5, 0.6) is 0 Å². The average Bonchev–Trinajstić information content (AvgIpc) is 2.77. The molecule has 1 aliphatic rings. The van der Waals surface area contributed by atoms with Gasteiger partial charge in [-0.05, 0) is 37.2 Å². The van der Waals surface area contributed by atoms with Crippen LogP contribution in [-0.4, -0.2) is 53.1 Å². The highest BCUT2D eigenvalue weighted by atomic mass is 32.2. The zero-order chi connectivity index (χ0) is 15.2. The molecule has 0 bridgehead atoms. The van der Waals surface area contributed by atoms with E-state index < -0.39 is 11.4 Å². The first-order chi connectivity index (χ1) is 9.35. The Bertz CT molecular complexity index is 349. The van der Waals surface area contributed by atoms with Crippen molar-refractivity contribution in [1.29, 1.82) is 0 Å². The number of carbonyl (C=O) groups is 2. The molecule has 2 amide bonds. The Morgan fingerprint density at radius 3 is 2.70 bits per heavy atom. The van der Waals surface area contributed by atoms with Crippen molar-refractivity contribution in [2.75, 3.05) is 31.1 Å². The van der Waals surface area contributed by atoms with E-state index in [-0.39, 0.29) is 6.03 Å². The minimum absolute atomic E-state index is 0.135. The second kappa shape index (κ2) is 7.76. The summed E-state index contributed by atoms with van der Waals surface area (Å²) in [6, 6.07) is -0.135. The van der Waals surface area contributed by atoms with Crippen LogP contribution in [0.4, 0.5) is 4.79 Å². The maximum Gasteiger partial charge on any atom is 0.317 e. The highest BCUT2D eigenvalue weighted by Gasteiger charge is 2.42. The lowest BCUT2D eigenvalue weighted by Crippen LogP contribution is -2.41. The summed E-state index contributed by atoms with van der Waals surface area (Å²) in [5, 5.41) is 12.0. The molecule has 0 saturated carbocycles. The topological polar surface area (TPSA) is 69.6 Å². The second-order valence-electron chi connectivity index (χ2n) is 6.09. The number of nitrogens with one attached hydrogen (secondary N) is 1. The minimum Gasteiger partial charge on any atom is -0.481 e. The van der Waals surface area contributed by atoms with Crippen molar-refractivity contribution in [3.63, 3.8) is 0 Å². The number of urea groups is 1. The predicted molar refractivity (Wildman–Crippen MR) is 82.1 cm³/mol. The van der Waals surface area contributed by atoms with Crippen LogP contribution < -0.4 is 5.32 Å². The van der Waals surface area contributed by atoms with Crippen LogP contribution in [0.1, 0.15) is 33.6 Å². The largest absolute Gasteiger partial charge is 0.481 e. The van der Waals surface area contributed by atoms with Gasteiger partial charge >= 0.3 is 12.0 Å². The maximum atomic E-state index is 11.9. The van der Waals surface area contributed by atoms with Crippen LogP contribution in [0.25, 0.3) is 0 Å². The summed E-state index contributed by atoms with van der Waals surface area (Å²) in [6.45, 7) is 7.57. The zero-order valence-electron chi connectivity index (χ0n) is 12.6. The van der Waals surface area contributed by atoms with Gasteiger partial charge in [0.25, 0.3) is 0 Å². The van der Waals surface area contributed by atoms with Gasteiger partial charge in [-0.3, -0.25) is 4.79 Å². The molecule has 0 aromatic heterocycles. The van der Waals surface area contributed by atoms with Crippen molar-refractivity contribution in [3.05, 3.63) is 0 Å². The number of amides is 2. The number of likely N-dealkylation sites (tertiary alicyclic amines) is 1. The van der Waals surface area contributed by atoms with Gasteiger partial charge in [0.1, 0.15) is 0 Å². The highest BCUT2D eigenvalue weighted by molar-refractivity contribution is 7.99. The molecule has 0 radical (unpaired) electrons. The standard InChI is InChI=1S/C14H26N2O3S/c1-11(2)9-20-8-4-6-15-13(19)16-7-5-14(3,10-16)12(17)18/h11H,4-10H2,1-3H3,(H,15,19)(H,17,18). The lowest BCUT2D eigenvalue weighted by Gasteiger charge is -2.20. The summed E-state index contributed by atoms with van der Waals surface area (Å²) in [5.74, 6) is 2.08. The Labute approximate surface area is 125 Å². The molecule has 6 heteroatoms. The Morgan fingerprint density at radius 1 is 1.45 bits per heavy atom. The van der Waals surface area contributed by atoms with E-state index in [1.165, 1.54) is 0 Å². The van der Waals surface area contributed by atoms with Crippen molar-refractivity contribution in [1.82, 2.24) is 10.2 Å². The van der Waals surface area contributed by atoms with Gasteiger partial charge in [-0.15, -0.1) is 0 Å². The summed E-state index contributed by atoms with van der Waals surface area (Å²) >= 11 is 1.91. The van der Waals surface area contributed by atoms with Gasteiger partial charge < -0.3 is 15.3 Å². The fourth-order valence-corrected chi connectivity index (χ4v) is 3.10. The fraction of sp³-hybridized carbons (Fsp3) is 0.857. The molecule has 1 atom stereocenters. The van der Waals surface area contributed by atoms with Gasteiger partial charge in [0, 0.05) is 19.6 Å². The van der Waals surface area contributed by atoms with E-state index >= 15 is 0 Å². The van der Waals surface area contributed by atoms with Crippen molar-refractivity contribution in [2.24, 2.45) is 11.3 Å². The van der Waals surface area contributed by atoms with Gasteiger partial charge in [-0.1, -0.05) is 13.8 Å². The van der Waals surface area contributed by atoms with Gasteiger partial charge in [-0.25, -0.2) is 4.79 Å². The van der Waals surface area contributed by atoms with Crippen LogP contribution in [0.15, 0.2) is 0 Å². The van der Waals surface area contributed by atoms with E-state index in [0.29, 0.717) is 32.0 Å². The molecule has 20 heavy (non-hydrogen) atoms. The normalized spacial score (nSPS) is 22.3. The summed E-state index contributed by atoms with van der Waals surface area (Å²) in [5.41, 5.74) is -0.787. The number of nitrogens with zero attached hydrogens (tertiary/aromatic N) is 1. The zero-order valence-corrected chi connectivity index (χ0v) is 13.5. The van der Waals surface area contributed by atoms with Crippen molar-refractivity contribution < 1.29 is 14.7 Å². The molecule has 0 aromatic carbocycles. The Kier molecular flexibility index (Phi) is 6.65. The van der Waals surface area contributed by atoms with E-state index in [1.807, 2.05) is 11.8 Å². The third-order valence-electron chi connectivity index (χ3n) is 3.47. The first kappa shape index (κ1) is 17.1. The van der Waals surface area contributed by atoms with Crippen molar-refractivity contribution in [3.8, 4) is 0 Å². The van der Waals surface area contributed by atoms with Crippen LogP contribution in [0.2, 0.25) is 0 Å². The van der Waals surface area contributed by atoms with E-state index in [2.05, 4.69) is 19.2 Å². The lowest BCUT2D eigenvalue weighted by molar-refractivity contribution is -0.146. The number of aliphatic carboxylic acids is 1. The molecule has 0 aliphatic carbocycles. The lowest BCUT2D eigenvalue weighted by atomic mass is 9.90. The average molecular weight is 302 g/mol. The molecular weight excluding hydrogens is 276 g/mol. The van der Waals surface area contributed by atoms with E-state index in [4.69, 9.17) is 5.11 Å². The predicted octanol–water partition coefficient (Wildman–Crippen LogP) is 2.27. The quantitative estimate of drug-likeness (QED) is 0.708. The van der Waals surface area contributed by atoms with Crippen LogP contribution in [-0.2, 0) is 4.79 Å². The Hall–Kier alpha value is -0.910. The van der Waals surface area contributed by atoms with E-state index in [0.717, 1.165) is 17.9 Å². The highest BCUT2D eigenvalue weighted by Crippen LogP contribution is 2.29. The molecule has 1 aliphatic heterocycles. The summed E-state index contributed by atoms with van der Waals surface area (Å²) in [6.07, 6.45) is 1.48. The molecule has 0 aromatic rings. The van der Waals surface area contributed by atoms with Crippen molar-refractivity contribution in [2.45, 2.75) is 33.6 Å². The van der Waals surface area contributed by atoms with E-state index in [1.54, 1.807) is 11.8 Å². The minimum atomic E-state index is -0.821. The SMILES string of the molecule is CC(C)CSCCCNC(=O)N1CCC(C)(C(=O)O)C1. The Balaban J connectivity index is 2.17. The molecule has 1 fully saturated rings. The second-order valence-corrected chi connectivity index (χ2v) is 7.24. The third kappa shape index (κ3) is 5.23. The van der Waals surface area contributed by atoms with Gasteiger partial charge in [-0.2, -0.15) is 11.8 Å². The summed E-state index contributed by atoms with van der Waals surface area (Å²) in [4.78, 5) is 24.6. The molecule has 116 valence electrons. The molecular formula is C14H26N2O3S. The van der Waals surface area contributed by atoms with Crippen LogP contribution >= 0.6 is 11.8 Å². The molecule has 0 spiro atoms. The van der Waals surface area contributed by atoms with Crippen LogP contribution in [0.3, 0.4) is 0 Å². The third-order valence-corrected chi connectivity index (χ3v) is 4.95. The summed E-state index contributed by atoms with van der Waals surface area (Å²) in [7, 11) is 0. The first-order valence-corrected chi connectivity index (χ1v) is 8.34. The van der Waals surface area contributed by atoms with Gasteiger partial charge in [0.2, 0.25) is 0 Å². The molecule has 1 rings (SSSR count). The molecule has 2 N–H and O–H groups in total. The van der Waals surface area contributed by atoms with Gasteiger partial charge in [0.05, 0.1) is 5.41 Å². The van der Waals surface area contributed by atoms with Crippen LogP contribution in [0, 0.1) is 11.3 Å². The fourth-order valence-electron chi connectivity index (χ4n) is 2.11. The molecule has 1 saturated heterocycles. The molecule has 1 heterocycles. The maximum absolute atomic E-state index is 11.9.